The normalized spacial score (nSPS) is 10.8. The third kappa shape index (κ3) is 0.887. The molecule has 62 valence electrons. The molecular formula is C8H9N3O. The van der Waals surface area contributed by atoms with Gasteiger partial charge in [0.25, 0.3) is 0 Å². The maximum atomic E-state index is 8.96. The summed E-state index contributed by atoms with van der Waals surface area (Å²) in [6.45, 7) is 1.89. The van der Waals surface area contributed by atoms with E-state index in [0.29, 0.717) is 0 Å². The number of nitrogens with zero attached hydrogens (tertiary/aromatic N) is 2. The number of hydrogen-bond acceptors (Lipinski definition) is 3. The summed E-state index contributed by atoms with van der Waals surface area (Å²) in [7, 11) is 0. The van der Waals surface area contributed by atoms with Crippen LogP contribution in [0.3, 0.4) is 0 Å². The van der Waals surface area contributed by atoms with Crippen molar-refractivity contribution in [1.29, 1.82) is 0 Å². The van der Waals surface area contributed by atoms with Gasteiger partial charge in [-0.1, -0.05) is 0 Å². The third-order valence-electron chi connectivity index (χ3n) is 1.89. The maximum absolute atomic E-state index is 8.96. The molecule has 0 unspecified atom stereocenters. The highest BCUT2D eigenvalue weighted by Crippen LogP contribution is 2.15. The minimum Gasteiger partial charge on any atom is -0.392 e. The molecule has 2 heterocycles. The monoisotopic (exact) mass is 163 g/mol. The van der Waals surface area contributed by atoms with Gasteiger partial charge in [-0.3, -0.25) is 4.98 Å². The van der Waals surface area contributed by atoms with Crippen molar-refractivity contribution in [3.05, 3.63) is 23.8 Å². The highest BCUT2D eigenvalue weighted by Gasteiger charge is 2.05. The number of aliphatic hydroxyl groups is 1. The first-order valence-electron chi connectivity index (χ1n) is 3.71. The quantitative estimate of drug-likeness (QED) is 0.652. The number of rotatable bonds is 1. The van der Waals surface area contributed by atoms with Crippen LogP contribution in [0.4, 0.5) is 0 Å². The number of hydrogen-bond donors (Lipinski definition) is 2. The molecule has 0 aliphatic rings. The predicted molar refractivity (Wildman–Crippen MR) is 44.5 cm³/mol. The van der Waals surface area contributed by atoms with E-state index in [1.807, 2.05) is 6.92 Å². The van der Waals surface area contributed by atoms with Gasteiger partial charge in [-0.2, -0.15) is 0 Å². The van der Waals surface area contributed by atoms with Crippen LogP contribution in [-0.4, -0.2) is 20.1 Å². The molecule has 2 rings (SSSR count). The van der Waals surface area contributed by atoms with Crippen molar-refractivity contribution >= 4 is 11.0 Å². The fourth-order valence-corrected chi connectivity index (χ4v) is 1.23. The van der Waals surface area contributed by atoms with Crippen molar-refractivity contribution in [2.24, 2.45) is 0 Å². The lowest BCUT2D eigenvalue weighted by atomic mass is 10.2. The Morgan fingerprint density at radius 1 is 1.50 bits per heavy atom. The second-order valence-corrected chi connectivity index (χ2v) is 2.65. The molecule has 0 fully saturated rings. The Kier molecular flexibility index (Phi) is 1.55. The van der Waals surface area contributed by atoms with Crippen LogP contribution in [0, 0.1) is 6.92 Å². The van der Waals surface area contributed by atoms with Gasteiger partial charge in [-0.15, -0.1) is 0 Å². The van der Waals surface area contributed by atoms with E-state index in [2.05, 4.69) is 15.0 Å². The zero-order valence-electron chi connectivity index (χ0n) is 6.70. The second-order valence-electron chi connectivity index (χ2n) is 2.65. The van der Waals surface area contributed by atoms with E-state index in [1.165, 1.54) is 0 Å². The molecule has 0 aliphatic carbocycles. The van der Waals surface area contributed by atoms with Crippen molar-refractivity contribution in [3.63, 3.8) is 0 Å². The van der Waals surface area contributed by atoms with E-state index in [4.69, 9.17) is 5.11 Å². The Balaban J connectivity index is 2.82. The summed E-state index contributed by atoms with van der Waals surface area (Å²) in [5.74, 6) is 0. The SMILES string of the molecule is Cc1ncc(CO)c2[nH]cnc12. The van der Waals surface area contributed by atoms with Crippen LogP contribution in [0.5, 0.6) is 0 Å². The van der Waals surface area contributed by atoms with Crippen LogP contribution in [0.2, 0.25) is 0 Å². The Labute approximate surface area is 69.3 Å². The zero-order chi connectivity index (χ0) is 8.55. The highest BCUT2D eigenvalue weighted by atomic mass is 16.3. The van der Waals surface area contributed by atoms with Crippen molar-refractivity contribution in [1.82, 2.24) is 15.0 Å². The molecule has 0 bridgehead atoms. The lowest BCUT2D eigenvalue weighted by molar-refractivity contribution is 0.282. The van der Waals surface area contributed by atoms with Gasteiger partial charge in [-0.25, -0.2) is 4.98 Å². The lowest BCUT2D eigenvalue weighted by Crippen LogP contribution is -1.90. The number of aromatic amines is 1. The predicted octanol–water partition coefficient (Wildman–Crippen LogP) is 0.759. The average molecular weight is 163 g/mol. The number of pyridine rings is 1. The van der Waals surface area contributed by atoms with Gasteiger partial charge in [0, 0.05) is 11.8 Å². The first-order valence-corrected chi connectivity index (χ1v) is 3.71. The van der Waals surface area contributed by atoms with Crippen LogP contribution >= 0.6 is 0 Å². The van der Waals surface area contributed by atoms with E-state index >= 15 is 0 Å². The minimum absolute atomic E-state index is 0.00796. The fourth-order valence-electron chi connectivity index (χ4n) is 1.23. The van der Waals surface area contributed by atoms with E-state index in [-0.39, 0.29) is 6.61 Å². The summed E-state index contributed by atoms with van der Waals surface area (Å²) in [5, 5.41) is 8.96. The van der Waals surface area contributed by atoms with Gasteiger partial charge in [0.1, 0.15) is 5.52 Å². The third-order valence-corrected chi connectivity index (χ3v) is 1.89. The van der Waals surface area contributed by atoms with Gasteiger partial charge in [0.2, 0.25) is 0 Å². The van der Waals surface area contributed by atoms with Crippen molar-refractivity contribution in [3.8, 4) is 0 Å². The number of aromatic nitrogens is 3. The molecule has 0 amide bonds. The van der Waals surface area contributed by atoms with Crippen LogP contribution in [-0.2, 0) is 6.61 Å². The molecule has 0 saturated heterocycles. The molecule has 2 aromatic heterocycles. The molecule has 4 heteroatoms. The molecule has 0 spiro atoms. The molecule has 0 saturated carbocycles. The topological polar surface area (TPSA) is 61.8 Å². The molecule has 4 nitrogen and oxygen atoms in total. The summed E-state index contributed by atoms with van der Waals surface area (Å²) in [6.07, 6.45) is 3.27. The summed E-state index contributed by atoms with van der Waals surface area (Å²) < 4.78 is 0. The Bertz CT molecular complexity index is 408. The summed E-state index contributed by atoms with van der Waals surface area (Å²) in [6, 6.07) is 0. The number of nitrogens with one attached hydrogen (secondary N) is 1. The van der Waals surface area contributed by atoms with Crippen LogP contribution in [0.25, 0.3) is 11.0 Å². The van der Waals surface area contributed by atoms with Crippen molar-refractivity contribution in [2.75, 3.05) is 0 Å². The molecule has 0 atom stereocenters. The van der Waals surface area contributed by atoms with E-state index in [1.54, 1.807) is 12.5 Å². The molecular weight excluding hydrogens is 154 g/mol. The van der Waals surface area contributed by atoms with Gasteiger partial charge >= 0.3 is 0 Å². The molecule has 2 aromatic rings. The minimum atomic E-state index is -0.00796. The highest BCUT2D eigenvalue weighted by molar-refractivity contribution is 5.79. The van der Waals surface area contributed by atoms with Crippen molar-refractivity contribution in [2.45, 2.75) is 13.5 Å². The number of aryl methyl sites for hydroxylation is 1. The Morgan fingerprint density at radius 2 is 2.33 bits per heavy atom. The number of aliphatic hydroxyl groups excluding tert-OH is 1. The summed E-state index contributed by atoms with van der Waals surface area (Å²) in [4.78, 5) is 11.2. The van der Waals surface area contributed by atoms with Gasteiger partial charge in [-0.05, 0) is 6.92 Å². The first kappa shape index (κ1) is 7.24. The number of H-pyrrole nitrogens is 1. The molecule has 2 N–H and O–H groups in total. The maximum Gasteiger partial charge on any atom is 0.110 e. The van der Waals surface area contributed by atoms with Crippen LogP contribution in [0.15, 0.2) is 12.5 Å². The molecule has 0 aliphatic heterocycles. The fraction of sp³-hybridized carbons (Fsp3) is 0.250. The first-order chi connectivity index (χ1) is 5.83. The van der Waals surface area contributed by atoms with Crippen LogP contribution < -0.4 is 0 Å². The molecule has 0 radical (unpaired) electrons. The van der Waals surface area contributed by atoms with Gasteiger partial charge in [0.05, 0.1) is 24.1 Å². The Morgan fingerprint density at radius 3 is 3.08 bits per heavy atom. The smallest absolute Gasteiger partial charge is 0.110 e. The van der Waals surface area contributed by atoms with Gasteiger partial charge in [0.15, 0.2) is 0 Å². The zero-order valence-corrected chi connectivity index (χ0v) is 6.70. The summed E-state index contributed by atoms with van der Waals surface area (Å²) in [5.41, 5.74) is 3.38. The van der Waals surface area contributed by atoms with E-state index in [9.17, 15) is 0 Å². The summed E-state index contributed by atoms with van der Waals surface area (Å²) >= 11 is 0. The Hall–Kier alpha value is -1.42. The van der Waals surface area contributed by atoms with Crippen LogP contribution in [0.1, 0.15) is 11.3 Å². The van der Waals surface area contributed by atoms with E-state index in [0.717, 1.165) is 22.3 Å². The standard InChI is InChI=1S/C8H9N3O/c1-5-7-8(11-4-10-7)6(3-12)2-9-5/h2,4,12H,3H2,1H3,(H,10,11). The van der Waals surface area contributed by atoms with Gasteiger partial charge < -0.3 is 10.1 Å². The number of fused-ring (bicyclic) bond motifs is 1. The average Bonchev–Trinajstić information content (AvgIpc) is 2.54. The largest absolute Gasteiger partial charge is 0.392 e. The molecule has 12 heavy (non-hydrogen) atoms. The van der Waals surface area contributed by atoms with Crippen molar-refractivity contribution < 1.29 is 5.11 Å². The molecule has 0 aromatic carbocycles. The lowest BCUT2D eigenvalue weighted by Gasteiger charge is -1.98. The van der Waals surface area contributed by atoms with E-state index < -0.39 is 0 Å². The number of imidazole rings is 1. The second kappa shape index (κ2) is 2.57.